The van der Waals surface area contributed by atoms with E-state index in [0.717, 1.165) is 13.0 Å². The number of nitrogens with two attached hydrogens (primary N) is 1. The second kappa shape index (κ2) is 8.41. The van der Waals surface area contributed by atoms with Crippen LogP contribution in [-0.2, 0) is 14.3 Å². The highest BCUT2D eigenvalue weighted by Gasteiger charge is 2.49. The number of nitrogens with one attached hydrogen (secondary N) is 1. The van der Waals surface area contributed by atoms with E-state index in [0.29, 0.717) is 11.5 Å². The van der Waals surface area contributed by atoms with E-state index in [1.54, 1.807) is 18.3 Å². The molecular formula is C21H19FN8O5. The lowest BCUT2D eigenvalue weighted by molar-refractivity contribution is -0.165. The summed E-state index contributed by atoms with van der Waals surface area (Å²) in [6.07, 6.45) is 3.10. The molecule has 4 N–H and O–H groups in total. The van der Waals surface area contributed by atoms with Crippen molar-refractivity contribution in [1.82, 2.24) is 25.1 Å². The molecule has 13 nitrogen and oxygen atoms in total. The lowest BCUT2D eigenvalue weighted by atomic mass is 9.95. The van der Waals surface area contributed by atoms with Crippen molar-refractivity contribution in [3.63, 3.8) is 0 Å². The van der Waals surface area contributed by atoms with E-state index in [4.69, 9.17) is 15.0 Å². The molecule has 1 saturated heterocycles. The largest absolute Gasteiger partial charge is 0.380 e. The number of carbonyl (C=O) groups excluding carboxylic acids is 2. The highest BCUT2D eigenvalue weighted by molar-refractivity contribution is 6.06. The van der Waals surface area contributed by atoms with Gasteiger partial charge in [-0.05, 0) is 19.1 Å². The Kier molecular flexibility index (Phi) is 5.37. The van der Waals surface area contributed by atoms with E-state index in [1.807, 2.05) is 0 Å². The zero-order valence-corrected chi connectivity index (χ0v) is 18.3. The average Bonchev–Trinajstić information content (AvgIpc) is 3.47. The zero-order valence-electron chi connectivity index (χ0n) is 18.3. The summed E-state index contributed by atoms with van der Waals surface area (Å²) in [4.78, 5) is 27.4. The zero-order chi connectivity index (χ0) is 24.7. The van der Waals surface area contributed by atoms with E-state index in [1.165, 1.54) is 28.0 Å². The molecule has 2 atom stereocenters. The molecule has 1 fully saturated rings. The van der Waals surface area contributed by atoms with Crippen LogP contribution in [0.3, 0.4) is 0 Å². The van der Waals surface area contributed by atoms with Gasteiger partial charge < -0.3 is 25.4 Å². The fourth-order valence-corrected chi connectivity index (χ4v) is 3.73. The maximum Gasteiger partial charge on any atom is 0.260 e. The number of carbonyl (C=O) groups is 2. The summed E-state index contributed by atoms with van der Waals surface area (Å²) in [5, 5.41) is 28.7. The molecule has 4 aromatic rings. The highest BCUT2D eigenvalue weighted by Crippen LogP contribution is 2.29. The fraction of sp³-hybridized carbons (Fsp3) is 0.238. The number of ether oxygens (including phenoxy) is 1. The minimum atomic E-state index is -2.31. The van der Waals surface area contributed by atoms with Gasteiger partial charge in [-0.3, -0.25) is 14.5 Å². The van der Waals surface area contributed by atoms with Crippen molar-refractivity contribution >= 4 is 40.1 Å². The third-order valence-corrected chi connectivity index (χ3v) is 5.56. The fourth-order valence-electron chi connectivity index (χ4n) is 3.73. The number of hydrogen-bond donors (Lipinski definition) is 3. The SMILES string of the molecule is C[C@](O)(C(=O)Nc1cc(F)c2c(N)noc2c1)[C@H]1OCCN(c2ccn(-c3ccnnc3)n2)C1=O. The molecule has 1 aliphatic rings. The number of amides is 2. The normalized spacial score (nSPS) is 18.0. The van der Waals surface area contributed by atoms with E-state index in [-0.39, 0.29) is 35.6 Å². The van der Waals surface area contributed by atoms with Crippen LogP contribution in [0.15, 0.2) is 47.4 Å². The molecule has 1 aliphatic heterocycles. The molecule has 4 heterocycles. The first-order valence-corrected chi connectivity index (χ1v) is 10.4. The Balaban J connectivity index is 1.35. The van der Waals surface area contributed by atoms with Crippen LogP contribution in [-0.4, -0.2) is 66.9 Å². The van der Waals surface area contributed by atoms with Crippen molar-refractivity contribution in [2.45, 2.75) is 18.6 Å². The summed E-state index contributed by atoms with van der Waals surface area (Å²) in [6, 6.07) is 5.60. The molecule has 3 aromatic heterocycles. The van der Waals surface area contributed by atoms with E-state index in [9.17, 15) is 19.1 Å². The van der Waals surface area contributed by atoms with Gasteiger partial charge >= 0.3 is 0 Å². The second-order valence-corrected chi connectivity index (χ2v) is 7.96. The smallest absolute Gasteiger partial charge is 0.260 e. The maximum atomic E-state index is 14.4. The monoisotopic (exact) mass is 482 g/mol. The van der Waals surface area contributed by atoms with Gasteiger partial charge in [-0.1, -0.05) is 5.16 Å². The van der Waals surface area contributed by atoms with Crippen molar-refractivity contribution in [3.05, 3.63) is 48.7 Å². The summed E-state index contributed by atoms with van der Waals surface area (Å²) < 4.78 is 26.3. The number of rotatable bonds is 5. The van der Waals surface area contributed by atoms with Gasteiger partial charge in [0.2, 0.25) is 0 Å². The van der Waals surface area contributed by atoms with Crippen LogP contribution in [0.1, 0.15) is 6.92 Å². The summed E-state index contributed by atoms with van der Waals surface area (Å²) >= 11 is 0. The Bertz CT molecular complexity index is 1420. The van der Waals surface area contributed by atoms with Gasteiger partial charge in [0.15, 0.2) is 28.9 Å². The number of benzene rings is 1. The third-order valence-electron chi connectivity index (χ3n) is 5.56. The van der Waals surface area contributed by atoms with Gasteiger partial charge in [-0.15, -0.1) is 5.10 Å². The van der Waals surface area contributed by atoms with Gasteiger partial charge in [-0.25, -0.2) is 9.07 Å². The lowest BCUT2D eigenvalue weighted by Crippen LogP contribution is -2.61. The van der Waals surface area contributed by atoms with Gasteiger partial charge in [0.25, 0.3) is 11.8 Å². The van der Waals surface area contributed by atoms with Crippen molar-refractivity contribution in [2.75, 3.05) is 29.1 Å². The molecule has 14 heteroatoms. The molecule has 0 radical (unpaired) electrons. The quantitative estimate of drug-likeness (QED) is 0.366. The third kappa shape index (κ3) is 3.94. The molecule has 0 bridgehead atoms. The first-order valence-electron chi connectivity index (χ1n) is 10.4. The Labute approximate surface area is 196 Å². The number of aliphatic hydroxyl groups is 1. The molecule has 35 heavy (non-hydrogen) atoms. The van der Waals surface area contributed by atoms with Gasteiger partial charge in [0.1, 0.15) is 11.2 Å². The van der Waals surface area contributed by atoms with Crippen molar-refractivity contribution in [3.8, 4) is 5.69 Å². The summed E-state index contributed by atoms with van der Waals surface area (Å²) in [6.45, 7) is 1.34. The van der Waals surface area contributed by atoms with Crippen molar-refractivity contribution in [2.24, 2.45) is 0 Å². The van der Waals surface area contributed by atoms with Crippen LogP contribution in [0.5, 0.6) is 0 Å². The minimum Gasteiger partial charge on any atom is -0.380 e. The second-order valence-electron chi connectivity index (χ2n) is 7.96. The number of morpholine rings is 1. The molecule has 180 valence electrons. The van der Waals surface area contributed by atoms with Crippen LogP contribution < -0.4 is 16.0 Å². The molecular weight excluding hydrogens is 463 g/mol. The number of aromatic nitrogens is 5. The highest BCUT2D eigenvalue weighted by atomic mass is 19.1. The maximum absolute atomic E-state index is 14.4. The van der Waals surface area contributed by atoms with Crippen LogP contribution >= 0.6 is 0 Å². The summed E-state index contributed by atoms with van der Waals surface area (Å²) in [5.74, 6) is -2.26. The van der Waals surface area contributed by atoms with E-state index in [2.05, 4.69) is 25.8 Å². The molecule has 5 rings (SSSR count). The Morgan fingerprint density at radius 3 is 2.94 bits per heavy atom. The average molecular weight is 482 g/mol. The first-order chi connectivity index (χ1) is 16.8. The first kappa shape index (κ1) is 22.4. The van der Waals surface area contributed by atoms with Crippen molar-refractivity contribution < 1.29 is 28.3 Å². The molecule has 1 aromatic carbocycles. The molecule has 2 amide bonds. The van der Waals surface area contributed by atoms with E-state index >= 15 is 0 Å². The number of fused-ring (bicyclic) bond motifs is 1. The van der Waals surface area contributed by atoms with Gasteiger partial charge in [-0.2, -0.15) is 10.2 Å². The van der Waals surface area contributed by atoms with Crippen LogP contribution in [0, 0.1) is 5.82 Å². The summed E-state index contributed by atoms with van der Waals surface area (Å²) in [7, 11) is 0. The number of hydrogen-bond acceptors (Lipinski definition) is 10. The number of anilines is 3. The number of nitrogens with zero attached hydrogens (tertiary/aromatic N) is 6. The van der Waals surface area contributed by atoms with E-state index < -0.39 is 29.3 Å². The molecule has 0 spiro atoms. The molecule has 0 unspecified atom stereocenters. The Morgan fingerprint density at radius 2 is 2.17 bits per heavy atom. The summed E-state index contributed by atoms with van der Waals surface area (Å²) in [5.41, 5.74) is 3.87. The minimum absolute atomic E-state index is 0.00796. The van der Waals surface area contributed by atoms with Crippen LogP contribution in [0.25, 0.3) is 16.7 Å². The lowest BCUT2D eigenvalue weighted by Gasteiger charge is -2.37. The van der Waals surface area contributed by atoms with Crippen LogP contribution in [0.2, 0.25) is 0 Å². The van der Waals surface area contributed by atoms with Crippen molar-refractivity contribution in [1.29, 1.82) is 0 Å². The van der Waals surface area contributed by atoms with Gasteiger partial charge in [0, 0.05) is 24.0 Å². The topological polar surface area (TPSA) is 175 Å². The standard InChI is InChI=1S/C21H19FN8O5/c1-21(33,20(32)26-11-8-13(22)16-14(9-11)35-28-18(16)23)17-19(31)29(6-7-34-17)15-3-5-30(27-15)12-2-4-24-25-10-12/h2-5,8-10,17,33H,6-7H2,1H3,(H2,23,28)(H,26,32)/t17-,21+/m0/s1. The predicted octanol–water partition coefficient (Wildman–Crippen LogP) is 0.646. The molecule has 0 aliphatic carbocycles. The van der Waals surface area contributed by atoms with Gasteiger partial charge in [0.05, 0.1) is 31.2 Å². The Hall–Kier alpha value is -4.43. The predicted molar refractivity (Wildman–Crippen MR) is 119 cm³/mol. The Morgan fingerprint density at radius 1 is 1.34 bits per heavy atom. The molecule has 0 saturated carbocycles. The van der Waals surface area contributed by atoms with Crippen LogP contribution in [0.4, 0.5) is 21.7 Å². The number of nitrogen functional groups attached to an aromatic ring is 1. The number of halogens is 1.